The predicted octanol–water partition coefficient (Wildman–Crippen LogP) is 1.40. The number of nitrogens with zero attached hydrogens (tertiary/aromatic N) is 2. The minimum absolute atomic E-state index is 0.189. The van der Waals surface area contributed by atoms with Crippen LogP contribution in [0.3, 0.4) is 0 Å². The second-order valence-corrected chi connectivity index (χ2v) is 3.89. The highest BCUT2D eigenvalue weighted by Gasteiger charge is 2.23. The monoisotopic (exact) mass is 249 g/mol. The van der Waals surface area contributed by atoms with Crippen LogP contribution in [-0.2, 0) is 16.1 Å². The number of hydrogen-bond donors (Lipinski definition) is 0. The number of amides is 2. The lowest BCUT2D eigenvalue weighted by Crippen LogP contribution is -2.43. The van der Waals surface area contributed by atoms with E-state index in [2.05, 4.69) is 5.32 Å². The summed E-state index contributed by atoms with van der Waals surface area (Å²) in [5.74, 6) is -0.353. The van der Waals surface area contributed by atoms with Crippen molar-refractivity contribution in [2.75, 3.05) is 14.1 Å². The molecule has 1 aromatic rings. The Morgan fingerprint density at radius 1 is 1.33 bits per heavy atom. The lowest BCUT2D eigenvalue weighted by Gasteiger charge is -2.22. The topological polar surface area (TPSA) is 60.7 Å². The number of hydrogen-bond acceptors (Lipinski definition) is 3. The summed E-state index contributed by atoms with van der Waals surface area (Å²) >= 11 is 0. The van der Waals surface area contributed by atoms with Crippen LogP contribution in [0.2, 0.25) is 0 Å². The molecule has 0 saturated carbocycles. The van der Waals surface area contributed by atoms with Gasteiger partial charge < -0.3 is 4.74 Å². The summed E-state index contributed by atoms with van der Waals surface area (Å²) in [6, 6.07) is 8.75. The molecule has 0 unspecified atom stereocenters. The van der Waals surface area contributed by atoms with Gasteiger partial charge in [-0.25, -0.2) is 4.79 Å². The lowest BCUT2D eigenvalue weighted by atomic mass is 10.2. The molecule has 1 radical (unpaired) electrons. The molecule has 1 atom stereocenters. The molecule has 0 bridgehead atoms. The first-order chi connectivity index (χ1) is 8.56. The Morgan fingerprint density at radius 3 is 2.50 bits per heavy atom. The van der Waals surface area contributed by atoms with Crippen LogP contribution >= 0.6 is 0 Å². The Bertz CT molecular complexity index is 406. The lowest BCUT2D eigenvalue weighted by molar-refractivity contribution is -0.124. The van der Waals surface area contributed by atoms with E-state index in [9.17, 15) is 9.59 Å². The van der Waals surface area contributed by atoms with Crippen LogP contribution in [0.25, 0.3) is 0 Å². The molecule has 0 saturated heterocycles. The second-order valence-electron chi connectivity index (χ2n) is 3.89. The van der Waals surface area contributed by atoms with Crippen LogP contribution in [0.5, 0.6) is 0 Å². The molecule has 0 aliphatic carbocycles. The highest BCUT2D eigenvalue weighted by atomic mass is 16.6. The van der Waals surface area contributed by atoms with E-state index < -0.39 is 12.1 Å². The third-order valence-electron chi connectivity index (χ3n) is 2.65. The van der Waals surface area contributed by atoms with E-state index in [1.54, 1.807) is 6.92 Å². The molecule has 5 heteroatoms. The number of ether oxygens (including phenoxy) is 1. The summed E-state index contributed by atoms with van der Waals surface area (Å²) in [6.45, 7) is 1.80. The maximum atomic E-state index is 11.7. The zero-order valence-corrected chi connectivity index (χ0v) is 10.8. The van der Waals surface area contributed by atoms with Gasteiger partial charge in [0.1, 0.15) is 12.6 Å². The summed E-state index contributed by atoms with van der Waals surface area (Å²) in [6.07, 6.45) is -0.539. The molecule has 18 heavy (non-hydrogen) atoms. The first-order valence-corrected chi connectivity index (χ1v) is 5.63. The van der Waals surface area contributed by atoms with E-state index in [-0.39, 0.29) is 12.5 Å². The summed E-state index contributed by atoms with van der Waals surface area (Å²) in [4.78, 5) is 24.2. The van der Waals surface area contributed by atoms with E-state index in [0.717, 1.165) is 5.56 Å². The summed E-state index contributed by atoms with van der Waals surface area (Å²) in [5, 5.41) is 3.52. The van der Waals surface area contributed by atoms with Gasteiger partial charge in [-0.2, -0.15) is 0 Å². The van der Waals surface area contributed by atoms with Gasteiger partial charge in [0.15, 0.2) is 0 Å². The normalized spacial score (nSPS) is 11.5. The number of rotatable bonds is 4. The van der Waals surface area contributed by atoms with Crippen LogP contribution < -0.4 is 5.32 Å². The summed E-state index contributed by atoms with van der Waals surface area (Å²) in [7, 11) is 2.92. The SMILES string of the molecule is C[N]C(=O)[C@H](C)N(C)C(=O)OCc1ccccc1. The average molecular weight is 249 g/mol. The van der Waals surface area contributed by atoms with Crippen molar-refractivity contribution in [3.05, 3.63) is 35.9 Å². The Hall–Kier alpha value is -2.04. The predicted molar refractivity (Wildman–Crippen MR) is 66.9 cm³/mol. The van der Waals surface area contributed by atoms with Gasteiger partial charge in [0.05, 0.1) is 0 Å². The molecule has 0 aliphatic rings. The van der Waals surface area contributed by atoms with Crippen molar-refractivity contribution in [2.45, 2.75) is 19.6 Å². The number of likely N-dealkylation sites (N-methyl/N-ethyl adjacent to an activating group) is 2. The molecule has 0 spiro atoms. The fourth-order valence-corrected chi connectivity index (χ4v) is 1.33. The van der Waals surface area contributed by atoms with Gasteiger partial charge in [-0.1, -0.05) is 30.3 Å². The molecule has 5 nitrogen and oxygen atoms in total. The molecular weight excluding hydrogens is 232 g/mol. The van der Waals surface area contributed by atoms with E-state index in [1.807, 2.05) is 30.3 Å². The largest absolute Gasteiger partial charge is 0.445 e. The van der Waals surface area contributed by atoms with Gasteiger partial charge in [-0.15, -0.1) is 0 Å². The highest BCUT2D eigenvalue weighted by molar-refractivity contribution is 5.84. The van der Waals surface area contributed by atoms with Gasteiger partial charge in [-0.3, -0.25) is 15.0 Å². The van der Waals surface area contributed by atoms with E-state index in [4.69, 9.17) is 4.74 Å². The quantitative estimate of drug-likeness (QED) is 0.810. The van der Waals surface area contributed by atoms with Crippen LogP contribution in [0.4, 0.5) is 4.79 Å². The first-order valence-electron chi connectivity index (χ1n) is 5.63. The summed E-state index contributed by atoms with van der Waals surface area (Å²) < 4.78 is 5.10. The molecule has 0 aliphatic heterocycles. The molecule has 0 N–H and O–H groups in total. The molecule has 0 aromatic heterocycles. The number of carbonyl (C=O) groups excluding carboxylic acids is 2. The van der Waals surface area contributed by atoms with E-state index in [0.29, 0.717) is 0 Å². The molecule has 0 heterocycles. The van der Waals surface area contributed by atoms with Gasteiger partial charge in [-0.05, 0) is 12.5 Å². The van der Waals surface area contributed by atoms with Crippen LogP contribution in [0.1, 0.15) is 12.5 Å². The van der Waals surface area contributed by atoms with Crippen molar-refractivity contribution in [2.24, 2.45) is 0 Å². The molecule has 0 fully saturated rings. The van der Waals surface area contributed by atoms with Gasteiger partial charge in [0, 0.05) is 14.1 Å². The second kappa shape index (κ2) is 6.64. The first kappa shape index (κ1) is 14.0. The zero-order valence-electron chi connectivity index (χ0n) is 10.8. The van der Waals surface area contributed by atoms with Crippen molar-refractivity contribution in [3.8, 4) is 0 Å². The van der Waals surface area contributed by atoms with Crippen molar-refractivity contribution in [3.63, 3.8) is 0 Å². The molecule has 1 aromatic carbocycles. The third-order valence-corrected chi connectivity index (χ3v) is 2.65. The highest BCUT2D eigenvalue weighted by Crippen LogP contribution is 2.04. The molecular formula is C13H17N2O3. The van der Waals surface area contributed by atoms with Crippen LogP contribution in [0.15, 0.2) is 30.3 Å². The fourth-order valence-electron chi connectivity index (χ4n) is 1.33. The van der Waals surface area contributed by atoms with E-state index >= 15 is 0 Å². The third kappa shape index (κ3) is 3.76. The Kier molecular flexibility index (Phi) is 5.17. The maximum Gasteiger partial charge on any atom is 0.410 e. The average Bonchev–Trinajstić information content (AvgIpc) is 2.43. The van der Waals surface area contributed by atoms with Crippen molar-refractivity contribution in [1.82, 2.24) is 10.2 Å². The standard InChI is InChI=1S/C13H17N2O3/c1-10(12(16)14-2)15(3)13(17)18-9-11-7-5-4-6-8-11/h4-8,10H,9H2,1-3H3/t10-/m0/s1. The molecule has 2 amide bonds. The van der Waals surface area contributed by atoms with Crippen molar-refractivity contribution < 1.29 is 14.3 Å². The van der Waals surface area contributed by atoms with Gasteiger partial charge in [0.25, 0.3) is 5.91 Å². The van der Waals surface area contributed by atoms with Crippen molar-refractivity contribution in [1.29, 1.82) is 0 Å². The zero-order chi connectivity index (χ0) is 13.5. The van der Waals surface area contributed by atoms with Gasteiger partial charge in [0.2, 0.25) is 0 Å². The minimum atomic E-state index is -0.613. The minimum Gasteiger partial charge on any atom is -0.445 e. The number of benzene rings is 1. The Labute approximate surface area is 107 Å². The Balaban J connectivity index is 2.48. The molecule has 1 rings (SSSR count). The fraction of sp³-hybridized carbons (Fsp3) is 0.385. The summed E-state index contributed by atoms with van der Waals surface area (Å²) in [5.41, 5.74) is 0.901. The van der Waals surface area contributed by atoms with Gasteiger partial charge >= 0.3 is 6.09 Å². The van der Waals surface area contributed by atoms with Crippen LogP contribution in [0, 0.1) is 0 Å². The smallest absolute Gasteiger partial charge is 0.410 e. The maximum absolute atomic E-state index is 11.7. The van der Waals surface area contributed by atoms with Crippen LogP contribution in [-0.4, -0.2) is 37.0 Å². The van der Waals surface area contributed by atoms with Crippen molar-refractivity contribution >= 4 is 12.0 Å². The molecule has 97 valence electrons. The Morgan fingerprint density at radius 2 is 1.94 bits per heavy atom. The number of carbonyl (C=O) groups is 2. The van der Waals surface area contributed by atoms with E-state index in [1.165, 1.54) is 19.0 Å².